The number of carbonyl (C=O) groups excluding carboxylic acids is 2. The van der Waals surface area contributed by atoms with E-state index in [1.165, 1.54) is 6.20 Å². The number of nitrogens with one attached hydrogen (secondary N) is 1. The molecule has 0 saturated heterocycles. The number of H-pyrrole nitrogens is 1. The second-order valence-corrected chi connectivity index (χ2v) is 3.56. The summed E-state index contributed by atoms with van der Waals surface area (Å²) in [6.45, 7) is 0.151. The van der Waals surface area contributed by atoms with Crippen LogP contribution in [-0.4, -0.2) is 21.8 Å². The number of nitrogens with zero attached hydrogens (tertiary/aromatic N) is 1. The SMILES string of the molecule is NC(=O)c1nc(C(=O)OCc2ccccc2)c[nH]1. The number of primary amides is 1. The van der Waals surface area contributed by atoms with Crippen LogP contribution in [0, 0.1) is 0 Å². The fourth-order valence-electron chi connectivity index (χ4n) is 1.35. The molecule has 92 valence electrons. The summed E-state index contributed by atoms with van der Waals surface area (Å²) < 4.78 is 5.03. The van der Waals surface area contributed by atoms with Crippen LogP contribution >= 0.6 is 0 Å². The van der Waals surface area contributed by atoms with Crippen LogP contribution in [0.1, 0.15) is 26.7 Å². The maximum atomic E-state index is 11.6. The quantitative estimate of drug-likeness (QED) is 0.780. The van der Waals surface area contributed by atoms with E-state index in [9.17, 15) is 9.59 Å². The zero-order valence-electron chi connectivity index (χ0n) is 9.42. The number of carbonyl (C=O) groups is 2. The van der Waals surface area contributed by atoms with Gasteiger partial charge in [-0.25, -0.2) is 9.78 Å². The number of rotatable bonds is 4. The first-order chi connectivity index (χ1) is 8.66. The standard InChI is InChI=1S/C12H11N3O3/c13-10(16)11-14-6-9(15-11)12(17)18-7-8-4-2-1-3-5-8/h1-6H,7H2,(H2,13,16)(H,14,15). The van der Waals surface area contributed by atoms with Crippen LogP contribution in [0.5, 0.6) is 0 Å². The Labute approximate surface area is 103 Å². The molecule has 1 heterocycles. The second kappa shape index (κ2) is 5.13. The average Bonchev–Trinajstić information content (AvgIpc) is 2.87. The topological polar surface area (TPSA) is 98.1 Å². The van der Waals surface area contributed by atoms with Crippen LogP contribution in [0.4, 0.5) is 0 Å². The van der Waals surface area contributed by atoms with Crippen molar-refractivity contribution in [3.8, 4) is 0 Å². The summed E-state index contributed by atoms with van der Waals surface area (Å²) in [7, 11) is 0. The van der Waals surface area contributed by atoms with E-state index in [4.69, 9.17) is 10.5 Å². The Bertz CT molecular complexity index is 563. The Hall–Kier alpha value is -2.63. The summed E-state index contributed by atoms with van der Waals surface area (Å²) in [6, 6.07) is 9.25. The predicted molar refractivity (Wildman–Crippen MR) is 62.7 cm³/mol. The van der Waals surface area contributed by atoms with E-state index in [-0.39, 0.29) is 18.1 Å². The monoisotopic (exact) mass is 245 g/mol. The molecule has 0 bridgehead atoms. The minimum atomic E-state index is -0.725. The van der Waals surface area contributed by atoms with Crippen molar-refractivity contribution in [2.75, 3.05) is 0 Å². The minimum absolute atomic E-state index is 0.0275. The van der Waals surface area contributed by atoms with Crippen LogP contribution in [0.3, 0.4) is 0 Å². The van der Waals surface area contributed by atoms with Gasteiger partial charge in [0, 0.05) is 6.20 Å². The van der Waals surface area contributed by atoms with Crippen molar-refractivity contribution in [1.29, 1.82) is 0 Å². The Balaban J connectivity index is 1.97. The van der Waals surface area contributed by atoms with Crippen molar-refractivity contribution in [2.45, 2.75) is 6.61 Å². The fraction of sp³-hybridized carbons (Fsp3) is 0.0833. The Morgan fingerprint density at radius 2 is 2.00 bits per heavy atom. The van der Waals surface area contributed by atoms with E-state index >= 15 is 0 Å². The third-order valence-electron chi connectivity index (χ3n) is 2.23. The number of aromatic nitrogens is 2. The van der Waals surface area contributed by atoms with Gasteiger partial charge in [0.2, 0.25) is 0 Å². The molecule has 0 aliphatic heterocycles. The summed E-state index contributed by atoms with van der Waals surface area (Å²) in [5.74, 6) is -1.40. The lowest BCUT2D eigenvalue weighted by Crippen LogP contribution is -2.13. The van der Waals surface area contributed by atoms with Gasteiger partial charge in [-0.05, 0) is 5.56 Å². The van der Waals surface area contributed by atoms with Gasteiger partial charge in [0.05, 0.1) is 0 Å². The number of hydrogen-bond donors (Lipinski definition) is 2. The van der Waals surface area contributed by atoms with Gasteiger partial charge in [-0.3, -0.25) is 4.79 Å². The minimum Gasteiger partial charge on any atom is -0.456 e. The number of imidazole rings is 1. The molecule has 0 spiro atoms. The molecule has 0 saturated carbocycles. The highest BCUT2D eigenvalue weighted by Gasteiger charge is 2.14. The summed E-state index contributed by atoms with van der Waals surface area (Å²) in [5.41, 5.74) is 5.91. The van der Waals surface area contributed by atoms with Gasteiger partial charge in [-0.15, -0.1) is 0 Å². The molecule has 0 unspecified atom stereocenters. The number of nitrogens with two attached hydrogens (primary N) is 1. The van der Waals surface area contributed by atoms with Gasteiger partial charge < -0.3 is 15.5 Å². The van der Waals surface area contributed by atoms with Gasteiger partial charge in [-0.2, -0.15) is 0 Å². The van der Waals surface area contributed by atoms with Gasteiger partial charge in [-0.1, -0.05) is 30.3 Å². The van der Waals surface area contributed by atoms with Gasteiger partial charge >= 0.3 is 5.97 Å². The van der Waals surface area contributed by atoms with Gasteiger partial charge in [0.1, 0.15) is 6.61 Å². The normalized spacial score (nSPS) is 10.0. The first kappa shape index (κ1) is 11.8. The van der Waals surface area contributed by atoms with E-state index in [1.54, 1.807) is 0 Å². The number of benzene rings is 1. The van der Waals surface area contributed by atoms with Crippen molar-refractivity contribution < 1.29 is 14.3 Å². The molecular weight excluding hydrogens is 234 g/mol. The van der Waals surface area contributed by atoms with Crippen molar-refractivity contribution in [2.24, 2.45) is 5.73 Å². The highest BCUT2D eigenvalue weighted by Crippen LogP contribution is 2.04. The van der Waals surface area contributed by atoms with Crippen molar-refractivity contribution in [1.82, 2.24) is 9.97 Å². The average molecular weight is 245 g/mol. The van der Waals surface area contributed by atoms with E-state index in [2.05, 4.69) is 9.97 Å². The number of aromatic amines is 1. The first-order valence-electron chi connectivity index (χ1n) is 5.23. The molecule has 6 heteroatoms. The zero-order chi connectivity index (χ0) is 13.0. The maximum Gasteiger partial charge on any atom is 0.358 e. The highest BCUT2D eigenvalue weighted by molar-refractivity contribution is 5.92. The summed E-state index contributed by atoms with van der Waals surface area (Å²) in [5, 5.41) is 0. The van der Waals surface area contributed by atoms with Crippen LogP contribution in [0.2, 0.25) is 0 Å². The molecule has 2 aromatic rings. The van der Waals surface area contributed by atoms with Crippen molar-refractivity contribution in [3.63, 3.8) is 0 Å². The molecule has 3 N–H and O–H groups in total. The molecule has 2 rings (SSSR count). The summed E-state index contributed by atoms with van der Waals surface area (Å²) in [4.78, 5) is 28.6. The summed E-state index contributed by atoms with van der Waals surface area (Å²) in [6.07, 6.45) is 1.29. The largest absolute Gasteiger partial charge is 0.456 e. The van der Waals surface area contributed by atoms with E-state index in [0.29, 0.717) is 0 Å². The molecule has 0 aliphatic carbocycles. The zero-order valence-corrected chi connectivity index (χ0v) is 9.42. The molecule has 1 aromatic heterocycles. The van der Waals surface area contributed by atoms with Crippen molar-refractivity contribution >= 4 is 11.9 Å². The van der Waals surface area contributed by atoms with E-state index < -0.39 is 11.9 Å². The molecule has 18 heavy (non-hydrogen) atoms. The van der Waals surface area contributed by atoms with Crippen LogP contribution in [-0.2, 0) is 11.3 Å². The lowest BCUT2D eigenvalue weighted by molar-refractivity contribution is 0.0466. The molecular formula is C12H11N3O3. The van der Waals surface area contributed by atoms with Crippen LogP contribution in [0.25, 0.3) is 0 Å². The van der Waals surface area contributed by atoms with Gasteiger partial charge in [0.25, 0.3) is 5.91 Å². The number of esters is 1. The lowest BCUT2D eigenvalue weighted by atomic mass is 10.2. The number of ether oxygens (including phenoxy) is 1. The number of amides is 1. The summed E-state index contributed by atoms with van der Waals surface area (Å²) >= 11 is 0. The van der Waals surface area contributed by atoms with Gasteiger partial charge in [0.15, 0.2) is 11.5 Å². The lowest BCUT2D eigenvalue weighted by Gasteiger charge is -2.02. The van der Waals surface area contributed by atoms with Crippen LogP contribution < -0.4 is 5.73 Å². The third kappa shape index (κ3) is 2.73. The van der Waals surface area contributed by atoms with Crippen LogP contribution in [0.15, 0.2) is 36.5 Å². The smallest absolute Gasteiger partial charge is 0.358 e. The van der Waals surface area contributed by atoms with E-state index in [0.717, 1.165) is 5.56 Å². The van der Waals surface area contributed by atoms with E-state index in [1.807, 2.05) is 30.3 Å². The molecule has 0 fully saturated rings. The molecule has 0 radical (unpaired) electrons. The number of hydrogen-bond acceptors (Lipinski definition) is 4. The third-order valence-corrected chi connectivity index (χ3v) is 2.23. The Kier molecular flexibility index (Phi) is 3.38. The maximum absolute atomic E-state index is 11.6. The first-order valence-corrected chi connectivity index (χ1v) is 5.23. The Morgan fingerprint density at radius 3 is 2.61 bits per heavy atom. The molecule has 0 aliphatic rings. The van der Waals surface area contributed by atoms with Crippen molar-refractivity contribution in [3.05, 3.63) is 53.6 Å². The molecule has 1 amide bonds. The molecule has 1 aromatic carbocycles. The second-order valence-electron chi connectivity index (χ2n) is 3.56. The molecule has 6 nitrogen and oxygen atoms in total. The predicted octanol–water partition coefficient (Wildman–Crippen LogP) is 0.866. The highest BCUT2D eigenvalue weighted by atomic mass is 16.5. The molecule has 0 atom stereocenters. The fourth-order valence-corrected chi connectivity index (χ4v) is 1.35. The Morgan fingerprint density at radius 1 is 1.28 bits per heavy atom.